The van der Waals surface area contributed by atoms with Gasteiger partial charge in [-0.25, -0.2) is 0 Å². The summed E-state index contributed by atoms with van der Waals surface area (Å²) in [5, 5.41) is 9.85. The Morgan fingerprint density at radius 1 is 1.06 bits per heavy atom. The highest BCUT2D eigenvalue weighted by Gasteiger charge is 2.07. The Bertz CT molecular complexity index is 334. The molecule has 0 saturated carbocycles. The molecule has 1 aromatic carbocycles. The van der Waals surface area contributed by atoms with Crippen LogP contribution in [-0.4, -0.2) is 5.11 Å². The lowest BCUT2D eigenvalue weighted by molar-refractivity contribution is 0.469. The first kappa shape index (κ1) is 12.9. The van der Waals surface area contributed by atoms with Crippen molar-refractivity contribution in [3.63, 3.8) is 0 Å². The average Bonchev–Trinajstić information content (AvgIpc) is 2.28. The van der Waals surface area contributed by atoms with Crippen molar-refractivity contribution in [1.29, 1.82) is 0 Å². The fraction of sp³-hybridized carbons (Fsp3) is 0.571. The van der Waals surface area contributed by atoms with Crippen LogP contribution in [0, 0.1) is 0 Å². The number of hydrogen-bond acceptors (Lipinski definition) is 2. The molecule has 0 radical (unpaired) electrons. The van der Waals surface area contributed by atoms with Crippen molar-refractivity contribution in [3.05, 3.63) is 23.3 Å². The smallest absolute Gasteiger partial charge is 0.141 e. The fourth-order valence-corrected chi connectivity index (χ4v) is 1.87. The van der Waals surface area contributed by atoms with Crippen molar-refractivity contribution in [3.8, 4) is 5.75 Å². The second kappa shape index (κ2) is 6.41. The Hall–Kier alpha value is -1.18. The number of nitrogens with two attached hydrogens (primary N) is 1. The molecule has 0 aliphatic heterocycles. The molecule has 2 heteroatoms. The minimum absolute atomic E-state index is 0.286. The zero-order chi connectivity index (χ0) is 12.0. The largest absolute Gasteiger partial charge is 0.506 e. The lowest BCUT2D eigenvalue weighted by atomic mass is 10.00. The van der Waals surface area contributed by atoms with Gasteiger partial charge in [0.05, 0.1) is 5.69 Å². The Balaban J connectivity index is 2.83. The van der Waals surface area contributed by atoms with Gasteiger partial charge in [-0.05, 0) is 42.9 Å². The third-order valence-electron chi connectivity index (χ3n) is 2.90. The Morgan fingerprint density at radius 2 is 1.69 bits per heavy atom. The van der Waals surface area contributed by atoms with Crippen LogP contribution in [0.5, 0.6) is 5.75 Å². The van der Waals surface area contributed by atoms with E-state index in [1.165, 1.54) is 18.4 Å². The molecule has 0 spiro atoms. The topological polar surface area (TPSA) is 46.2 Å². The molecule has 0 heterocycles. The van der Waals surface area contributed by atoms with Crippen molar-refractivity contribution >= 4 is 5.69 Å². The summed E-state index contributed by atoms with van der Waals surface area (Å²) < 4.78 is 0. The van der Waals surface area contributed by atoms with E-state index in [0.717, 1.165) is 31.2 Å². The molecule has 0 unspecified atom stereocenters. The van der Waals surface area contributed by atoms with Crippen molar-refractivity contribution in [2.45, 2.75) is 52.4 Å². The third-order valence-corrected chi connectivity index (χ3v) is 2.90. The van der Waals surface area contributed by atoms with Gasteiger partial charge in [0.15, 0.2) is 0 Å². The summed E-state index contributed by atoms with van der Waals surface area (Å²) in [7, 11) is 0. The van der Waals surface area contributed by atoms with Crippen LogP contribution < -0.4 is 5.73 Å². The Labute approximate surface area is 98.5 Å². The Morgan fingerprint density at radius 3 is 2.31 bits per heavy atom. The van der Waals surface area contributed by atoms with Gasteiger partial charge in [0, 0.05) is 0 Å². The van der Waals surface area contributed by atoms with Crippen LogP contribution in [-0.2, 0) is 12.8 Å². The van der Waals surface area contributed by atoms with Gasteiger partial charge in [0.2, 0.25) is 0 Å². The van der Waals surface area contributed by atoms with Crippen molar-refractivity contribution in [2.24, 2.45) is 0 Å². The molecular weight excluding hydrogens is 198 g/mol. The molecule has 16 heavy (non-hydrogen) atoms. The summed E-state index contributed by atoms with van der Waals surface area (Å²) in [6, 6.07) is 4.01. The van der Waals surface area contributed by atoms with Gasteiger partial charge >= 0.3 is 0 Å². The molecule has 0 aromatic heterocycles. The van der Waals surface area contributed by atoms with Gasteiger partial charge < -0.3 is 10.8 Å². The first-order chi connectivity index (χ1) is 7.69. The van der Waals surface area contributed by atoms with E-state index >= 15 is 0 Å². The molecule has 3 N–H and O–H groups in total. The minimum Gasteiger partial charge on any atom is -0.506 e. The predicted octanol–water partition coefficient (Wildman–Crippen LogP) is 3.66. The van der Waals surface area contributed by atoms with Gasteiger partial charge in [0.25, 0.3) is 0 Å². The summed E-state index contributed by atoms with van der Waals surface area (Å²) in [4.78, 5) is 0. The number of rotatable bonds is 6. The van der Waals surface area contributed by atoms with Crippen LogP contribution in [0.15, 0.2) is 12.1 Å². The maximum absolute atomic E-state index is 9.85. The number of unbranched alkanes of at least 4 members (excludes halogenated alkanes) is 2. The van der Waals surface area contributed by atoms with E-state index in [4.69, 9.17) is 5.73 Å². The van der Waals surface area contributed by atoms with E-state index in [0.29, 0.717) is 5.69 Å². The molecule has 0 bridgehead atoms. The summed E-state index contributed by atoms with van der Waals surface area (Å²) in [6.45, 7) is 4.34. The quantitative estimate of drug-likeness (QED) is 0.569. The molecule has 0 aliphatic carbocycles. The number of aromatic hydroxyl groups is 1. The maximum atomic E-state index is 9.85. The normalized spacial score (nSPS) is 10.6. The number of hydrogen-bond donors (Lipinski definition) is 2. The fourth-order valence-electron chi connectivity index (χ4n) is 1.87. The van der Waals surface area contributed by atoms with Crippen LogP contribution in [0.3, 0.4) is 0 Å². The number of phenolic OH excluding ortho intramolecular Hbond substituents is 1. The number of benzene rings is 1. The molecule has 0 atom stereocenters. The average molecular weight is 221 g/mol. The van der Waals surface area contributed by atoms with Crippen LogP contribution in [0.4, 0.5) is 5.69 Å². The standard InChI is InChI=1S/C14H23NO/c1-3-5-7-11-9-12(8-6-4-2)14(16)13(15)10-11/h9-10,16H,3-8,15H2,1-2H3. The molecule has 1 aromatic rings. The summed E-state index contributed by atoms with van der Waals surface area (Å²) >= 11 is 0. The molecule has 90 valence electrons. The summed E-state index contributed by atoms with van der Waals surface area (Å²) in [5.74, 6) is 0.286. The molecule has 0 fully saturated rings. The van der Waals surface area contributed by atoms with Crippen molar-refractivity contribution in [1.82, 2.24) is 0 Å². The van der Waals surface area contributed by atoms with E-state index in [1.54, 1.807) is 0 Å². The van der Waals surface area contributed by atoms with E-state index < -0.39 is 0 Å². The van der Waals surface area contributed by atoms with Gasteiger partial charge in [0.1, 0.15) is 5.75 Å². The minimum atomic E-state index is 0.286. The number of aryl methyl sites for hydroxylation is 2. The lowest BCUT2D eigenvalue weighted by Crippen LogP contribution is -1.96. The van der Waals surface area contributed by atoms with Crippen LogP contribution in [0.2, 0.25) is 0 Å². The molecular formula is C14H23NO. The van der Waals surface area contributed by atoms with E-state index in [1.807, 2.05) is 6.07 Å². The van der Waals surface area contributed by atoms with Gasteiger partial charge in [-0.15, -0.1) is 0 Å². The van der Waals surface area contributed by atoms with Crippen LogP contribution >= 0.6 is 0 Å². The molecule has 0 aliphatic rings. The third kappa shape index (κ3) is 3.44. The number of phenols is 1. The first-order valence-electron chi connectivity index (χ1n) is 6.29. The number of nitrogen functional groups attached to an aromatic ring is 1. The second-order valence-electron chi connectivity index (χ2n) is 4.40. The highest BCUT2D eigenvalue weighted by atomic mass is 16.3. The van der Waals surface area contributed by atoms with Crippen molar-refractivity contribution in [2.75, 3.05) is 5.73 Å². The highest BCUT2D eigenvalue weighted by molar-refractivity contribution is 5.58. The summed E-state index contributed by atoms with van der Waals surface area (Å²) in [5.41, 5.74) is 8.60. The van der Waals surface area contributed by atoms with Crippen molar-refractivity contribution < 1.29 is 5.11 Å². The number of anilines is 1. The Kier molecular flexibility index (Phi) is 5.17. The maximum Gasteiger partial charge on any atom is 0.141 e. The molecule has 0 saturated heterocycles. The molecule has 2 nitrogen and oxygen atoms in total. The van der Waals surface area contributed by atoms with Gasteiger partial charge in [-0.2, -0.15) is 0 Å². The van der Waals surface area contributed by atoms with E-state index in [-0.39, 0.29) is 5.75 Å². The highest BCUT2D eigenvalue weighted by Crippen LogP contribution is 2.28. The first-order valence-corrected chi connectivity index (χ1v) is 6.29. The molecule has 0 amide bonds. The molecule has 1 rings (SSSR count). The zero-order valence-corrected chi connectivity index (χ0v) is 10.4. The monoisotopic (exact) mass is 221 g/mol. The van der Waals surface area contributed by atoms with E-state index in [2.05, 4.69) is 19.9 Å². The van der Waals surface area contributed by atoms with Crippen LogP contribution in [0.1, 0.15) is 50.7 Å². The SMILES string of the molecule is CCCCc1cc(N)c(O)c(CCCC)c1. The second-order valence-corrected chi connectivity index (χ2v) is 4.40. The zero-order valence-electron chi connectivity index (χ0n) is 10.4. The summed E-state index contributed by atoms with van der Waals surface area (Å²) in [6.07, 6.45) is 6.58. The van der Waals surface area contributed by atoms with Gasteiger partial charge in [-0.1, -0.05) is 32.8 Å². The lowest BCUT2D eigenvalue weighted by Gasteiger charge is -2.10. The predicted molar refractivity (Wildman–Crippen MR) is 69.7 cm³/mol. The van der Waals surface area contributed by atoms with Crippen LogP contribution in [0.25, 0.3) is 0 Å². The van der Waals surface area contributed by atoms with E-state index in [9.17, 15) is 5.11 Å². The van der Waals surface area contributed by atoms with Gasteiger partial charge in [-0.3, -0.25) is 0 Å².